The van der Waals surface area contributed by atoms with Crippen molar-refractivity contribution in [1.82, 2.24) is 10.6 Å². The van der Waals surface area contributed by atoms with Gasteiger partial charge in [-0.25, -0.2) is 4.79 Å². The van der Waals surface area contributed by atoms with Crippen LogP contribution in [0.3, 0.4) is 0 Å². The fraction of sp³-hybridized carbons (Fsp3) is 0.941. The van der Waals surface area contributed by atoms with Crippen LogP contribution in [0.15, 0.2) is 0 Å². The second-order valence-corrected chi connectivity index (χ2v) is 8.33. The standard InChI is InChI=1S/C17H34N2O2/c1-12(2)13(11-18-15(20)21-16(3,4)5)19-14-9-8-10-17(14,6)7/h12-14,19H,8-11H2,1-7H3,(H,18,20). The minimum atomic E-state index is -0.446. The van der Waals surface area contributed by atoms with E-state index in [1.54, 1.807) is 0 Å². The van der Waals surface area contributed by atoms with Crippen LogP contribution in [-0.2, 0) is 4.74 Å². The number of alkyl carbamates (subject to hydrolysis) is 1. The lowest BCUT2D eigenvalue weighted by atomic mass is 9.86. The van der Waals surface area contributed by atoms with Crippen LogP contribution in [-0.4, -0.2) is 30.3 Å². The first-order valence-corrected chi connectivity index (χ1v) is 8.24. The monoisotopic (exact) mass is 298 g/mol. The molecule has 21 heavy (non-hydrogen) atoms. The summed E-state index contributed by atoms with van der Waals surface area (Å²) in [6.07, 6.45) is 3.45. The van der Waals surface area contributed by atoms with Crippen molar-refractivity contribution in [3.63, 3.8) is 0 Å². The molecule has 0 spiro atoms. The summed E-state index contributed by atoms with van der Waals surface area (Å²) in [6.45, 7) is 15.3. The Bertz CT molecular complexity index is 345. The van der Waals surface area contributed by atoms with Crippen molar-refractivity contribution in [2.24, 2.45) is 11.3 Å². The number of ether oxygens (including phenoxy) is 1. The Morgan fingerprint density at radius 1 is 1.33 bits per heavy atom. The van der Waals surface area contributed by atoms with E-state index in [0.29, 0.717) is 23.9 Å². The lowest BCUT2D eigenvalue weighted by molar-refractivity contribution is 0.0517. The number of nitrogens with one attached hydrogen (secondary N) is 2. The Kier molecular flexibility index (Phi) is 6.09. The van der Waals surface area contributed by atoms with Crippen molar-refractivity contribution >= 4 is 6.09 Å². The molecule has 1 amide bonds. The molecule has 1 aliphatic rings. The first-order valence-electron chi connectivity index (χ1n) is 8.24. The summed E-state index contributed by atoms with van der Waals surface area (Å²) in [4.78, 5) is 11.8. The second-order valence-electron chi connectivity index (χ2n) is 8.33. The predicted molar refractivity (Wildman–Crippen MR) is 87.4 cm³/mol. The Morgan fingerprint density at radius 2 is 1.95 bits per heavy atom. The van der Waals surface area contributed by atoms with Gasteiger partial charge in [-0.15, -0.1) is 0 Å². The van der Waals surface area contributed by atoms with Gasteiger partial charge in [-0.3, -0.25) is 0 Å². The molecule has 4 heteroatoms. The summed E-state index contributed by atoms with van der Waals surface area (Å²) in [6, 6.07) is 0.810. The van der Waals surface area contributed by atoms with Crippen LogP contribution in [0.5, 0.6) is 0 Å². The first-order chi connectivity index (χ1) is 9.51. The molecule has 0 radical (unpaired) electrons. The lowest BCUT2D eigenvalue weighted by Crippen LogP contribution is -2.51. The number of hydrogen-bond acceptors (Lipinski definition) is 3. The van der Waals surface area contributed by atoms with Crippen LogP contribution in [0.2, 0.25) is 0 Å². The van der Waals surface area contributed by atoms with Crippen LogP contribution >= 0.6 is 0 Å². The van der Waals surface area contributed by atoms with Crippen molar-refractivity contribution in [2.45, 2.75) is 85.4 Å². The number of carbonyl (C=O) groups excluding carboxylic acids is 1. The van der Waals surface area contributed by atoms with Gasteiger partial charge >= 0.3 is 6.09 Å². The minimum Gasteiger partial charge on any atom is -0.444 e. The van der Waals surface area contributed by atoms with Crippen LogP contribution < -0.4 is 10.6 Å². The third-order valence-electron chi connectivity index (χ3n) is 4.34. The lowest BCUT2D eigenvalue weighted by Gasteiger charge is -2.34. The van der Waals surface area contributed by atoms with Crippen molar-refractivity contribution in [3.8, 4) is 0 Å². The molecule has 1 fully saturated rings. The van der Waals surface area contributed by atoms with Gasteiger partial charge in [-0.2, -0.15) is 0 Å². The molecule has 0 aliphatic heterocycles. The summed E-state index contributed by atoms with van der Waals surface area (Å²) < 4.78 is 5.30. The summed E-state index contributed by atoms with van der Waals surface area (Å²) in [5.74, 6) is 0.469. The smallest absolute Gasteiger partial charge is 0.407 e. The molecule has 0 bridgehead atoms. The summed E-state index contributed by atoms with van der Waals surface area (Å²) >= 11 is 0. The average Bonchev–Trinajstić information content (AvgIpc) is 2.60. The van der Waals surface area contributed by atoms with E-state index < -0.39 is 5.60 Å². The fourth-order valence-corrected chi connectivity index (χ4v) is 2.89. The zero-order valence-corrected chi connectivity index (χ0v) is 14.9. The molecule has 2 N–H and O–H groups in total. The van der Waals surface area contributed by atoms with E-state index in [1.165, 1.54) is 19.3 Å². The molecular formula is C17H34N2O2. The van der Waals surface area contributed by atoms with Crippen LogP contribution in [0.1, 0.15) is 67.7 Å². The fourth-order valence-electron chi connectivity index (χ4n) is 2.89. The third kappa shape index (κ3) is 6.25. The topological polar surface area (TPSA) is 50.4 Å². The van der Waals surface area contributed by atoms with E-state index >= 15 is 0 Å². The molecule has 1 saturated carbocycles. The normalized spacial score (nSPS) is 23.1. The number of rotatable bonds is 5. The van der Waals surface area contributed by atoms with E-state index in [-0.39, 0.29) is 12.1 Å². The Balaban J connectivity index is 2.49. The molecule has 2 unspecified atom stereocenters. The quantitative estimate of drug-likeness (QED) is 0.813. The molecule has 0 aromatic heterocycles. The van der Waals surface area contributed by atoms with Gasteiger partial charge in [-0.05, 0) is 44.9 Å². The third-order valence-corrected chi connectivity index (χ3v) is 4.34. The SMILES string of the molecule is CC(C)C(CNC(=O)OC(C)(C)C)NC1CCCC1(C)C. The maximum absolute atomic E-state index is 11.8. The van der Waals surface area contributed by atoms with Gasteiger partial charge in [0.05, 0.1) is 0 Å². The van der Waals surface area contributed by atoms with Gasteiger partial charge in [-0.1, -0.05) is 34.1 Å². The largest absolute Gasteiger partial charge is 0.444 e. The van der Waals surface area contributed by atoms with E-state index in [9.17, 15) is 4.79 Å². The van der Waals surface area contributed by atoms with E-state index in [1.807, 2.05) is 20.8 Å². The molecule has 0 heterocycles. The zero-order chi connectivity index (χ0) is 16.3. The summed E-state index contributed by atoms with van der Waals surface area (Å²) in [7, 11) is 0. The van der Waals surface area contributed by atoms with Gasteiger partial charge in [0.15, 0.2) is 0 Å². The number of amides is 1. The van der Waals surface area contributed by atoms with Gasteiger partial charge in [0.25, 0.3) is 0 Å². The van der Waals surface area contributed by atoms with Crippen molar-refractivity contribution in [1.29, 1.82) is 0 Å². The molecule has 4 nitrogen and oxygen atoms in total. The highest BCUT2D eigenvalue weighted by Crippen LogP contribution is 2.37. The Labute approximate surface area is 130 Å². The van der Waals surface area contributed by atoms with E-state index in [2.05, 4.69) is 38.3 Å². The van der Waals surface area contributed by atoms with Crippen molar-refractivity contribution < 1.29 is 9.53 Å². The molecule has 2 atom stereocenters. The van der Waals surface area contributed by atoms with Gasteiger partial charge in [0, 0.05) is 18.6 Å². The van der Waals surface area contributed by atoms with Gasteiger partial charge in [0.1, 0.15) is 5.60 Å². The molecule has 0 aromatic rings. The number of carbonyl (C=O) groups is 1. The van der Waals surface area contributed by atoms with Gasteiger partial charge < -0.3 is 15.4 Å². The minimum absolute atomic E-state index is 0.278. The Morgan fingerprint density at radius 3 is 2.38 bits per heavy atom. The molecule has 1 aliphatic carbocycles. The Hall–Kier alpha value is -0.770. The molecule has 0 saturated heterocycles. The molecule has 0 aromatic carbocycles. The number of hydrogen-bond donors (Lipinski definition) is 2. The van der Waals surface area contributed by atoms with E-state index in [4.69, 9.17) is 4.74 Å². The van der Waals surface area contributed by atoms with Crippen LogP contribution in [0.25, 0.3) is 0 Å². The average molecular weight is 298 g/mol. The van der Waals surface area contributed by atoms with E-state index in [0.717, 1.165) is 0 Å². The highest BCUT2D eigenvalue weighted by Gasteiger charge is 2.36. The van der Waals surface area contributed by atoms with Crippen LogP contribution in [0, 0.1) is 11.3 Å². The maximum Gasteiger partial charge on any atom is 0.407 e. The maximum atomic E-state index is 11.8. The van der Waals surface area contributed by atoms with Crippen LogP contribution in [0.4, 0.5) is 4.79 Å². The predicted octanol–water partition coefficient (Wildman–Crippen LogP) is 3.70. The molecule has 124 valence electrons. The summed E-state index contributed by atoms with van der Waals surface area (Å²) in [5.41, 5.74) is -0.0999. The highest BCUT2D eigenvalue weighted by molar-refractivity contribution is 5.67. The molecular weight excluding hydrogens is 264 g/mol. The second kappa shape index (κ2) is 6.99. The van der Waals surface area contributed by atoms with Gasteiger partial charge in [0.2, 0.25) is 0 Å². The summed E-state index contributed by atoms with van der Waals surface area (Å²) in [5, 5.41) is 6.65. The van der Waals surface area contributed by atoms with Crippen molar-refractivity contribution in [2.75, 3.05) is 6.54 Å². The zero-order valence-electron chi connectivity index (χ0n) is 14.9. The molecule has 1 rings (SSSR count). The highest BCUT2D eigenvalue weighted by atomic mass is 16.6. The van der Waals surface area contributed by atoms with Crippen molar-refractivity contribution in [3.05, 3.63) is 0 Å². The first kappa shape index (κ1) is 18.3.